The second kappa shape index (κ2) is 13.8. The summed E-state index contributed by atoms with van der Waals surface area (Å²) in [7, 11) is 2.89. The standard InChI is InChI=1S/C29H33N2O4Se2/c1-34-28(32)18-7-9-20-30-22-12-3-5-14-24(22)36-26(30)16-11-17-27-31(21-10-8-19-29(33)35-2)23-13-4-6-15-25(23)37-27/h3-6,11-17H,7-10,18-21H2,1-2H3/q+1. The summed E-state index contributed by atoms with van der Waals surface area (Å²) < 4.78 is 17.5. The number of rotatable bonds is 12. The van der Waals surface area contributed by atoms with Crippen LogP contribution in [0, 0.1) is 0 Å². The van der Waals surface area contributed by atoms with Crippen LogP contribution in [0.5, 0.6) is 0 Å². The third-order valence-electron chi connectivity index (χ3n) is 6.23. The van der Waals surface area contributed by atoms with Crippen LogP contribution < -0.4 is 13.9 Å². The van der Waals surface area contributed by atoms with Gasteiger partial charge in [-0.3, -0.25) is 0 Å². The molecular formula is C29H33N2O4Se2+. The van der Waals surface area contributed by atoms with Gasteiger partial charge in [-0.1, -0.05) is 0 Å². The molecule has 0 N–H and O–H groups in total. The third kappa shape index (κ3) is 7.23. The number of aryl methyl sites for hydroxylation is 1. The Morgan fingerprint density at radius 3 is 2.41 bits per heavy atom. The first-order valence-corrected chi connectivity index (χ1v) is 16.0. The monoisotopic (exact) mass is 633 g/mol. The molecule has 0 spiro atoms. The van der Waals surface area contributed by atoms with E-state index in [-0.39, 0.29) is 41.4 Å². The quantitative estimate of drug-likeness (QED) is 0.133. The molecule has 0 bridgehead atoms. The molecule has 2 heterocycles. The van der Waals surface area contributed by atoms with Crippen LogP contribution in [0.25, 0.3) is 15.9 Å². The molecule has 0 saturated heterocycles. The van der Waals surface area contributed by atoms with E-state index in [0.717, 1.165) is 38.8 Å². The van der Waals surface area contributed by atoms with Crippen LogP contribution in [0.1, 0.15) is 43.1 Å². The van der Waals surface area contributed by atoms with E-state index < -0.39 is 0 Å². The number of allylic oxidation sites excluding steroid dienone is 2. The van der Waals surface area contributed by atoms with Gasteiger partial charge >= 0.3 is 232 Å². The van der Waals surface area contributed by atoms with Gasteiger partial charge < -0.3 is 0 Å². The molecular weight excluding hydrogens is 598 g/mol. The zero-order valence-corrected chi connectivity index (χ0v) is 24.8. The van der Waals surface area contributed by atoms with Gasteiger partial charge in [0.1, 0.15) is 0 Å². The van der Waals surface area contributed by atoms with Crippen molar-refractivity contribution in [2.75, 3.05) is 25.7 Å². The number of esters is 2. The zero-order chi connectivity index (χ0) is 26.0. The summed E-state index contributed by atoms with van der Waals surface area (Å²) in [6, 6.07) is 17.3. The molecule has 37 heavy (non-hydrogen) atoms. The number of hydrogen-bond donors (Lipinski definition) is 0. The number of carbonyl (C=O) groups is 2. The van der Waals surface area contributed by atoms with Gasteiger partial charge in [-0.15, -0.1) is 0 Å². The normalized spacial score (nSPS) is 14.0. The van der Waals surface area contributed by atoms with Crippen molar-refractivity contribution >= 4 is 67.4 Å². The summed E-state index contributed by atoms with van der Waals surface area (Å²) in [5, 5.41) is 0. The average Bonchev–Trinajstić information content (AvgIpc) is 3.46. The molecule has 2 aromatic carbocycles. The molecule has 0 fully saturated rings. The van der Waals surface area contributed by atoms with E-state index in [2.05, 4.69) is 76.2 Å². The molecule has 3 aromatic rings. The van der Waals surface area contributed by atoms with E-state index in [9.17, 15) is 9.59 Å². The van der Waals surface area contributed by atoms with Crippen LogP contribution in [0.4, 0.5) is 5.69 Å². The number of carbonyl (C=O) groups excluding carboxylic acids is 2. The number of para-hydroxylation sites is 2. The van der Waals surface area contributed by atoms with Gasteiger partial charge in [-0.05, 0) is 0 Å². The molecule has 1 aromatic heterocycles. The van der Waals surface area contributed by atoms with Crippen molar-refractivity contribution in [3.8, 4) is 0 Å². The molecule has 0 atom stereocenters. The van der Waals surface area contributed by atoms with E-state index in [4.69, 9.17) is 9.47 Å². The molecule has 6 nitrogen and oxygen atoms in total. The van der Waals surface area contributed by atoms with E-state index in [1.54, 1.807) is 0 Å². The van der Waals surface area contributed by atoms with Gasteiger partial charge in [0.2, 0.25) is 0 Å². The van der Waals surface area contributed by atoms with Gasteiger partial charge in [-0.2, -0.15) is 0 Å². The number of nitrogens with zero attached hydrogens (tertiary/aromatic N) is 2. The fourth-order valence-corrected chi connectivity index (χ4v) is 8.93. The van der Waals surface area contributed by atoms with Crippen LogP contribution in [-0.2, 0) is 25.6 Å². The predicted molar refractivity (Wildman–Crippen MR) is 149 cm³/mol. The van der Waals surface area contributed by atoms with Crippen molar-refractivity contribution in [2.24, 2.45) is 0 Å². The Labute approximate surface area is 230 Å². The van der Waals surface area contributed by atoms with Crippen LogP contribution in [0.2, 0.25) is 0 Å². The molecule has 4 rings (SSSR count). The van der Waals surface area contributed by atoms with E-state index in [1.807, 2.05) is 0 Å². The van der Waals surface area contributed by atoms with Crippen molar-refractivity contribution in [1.82, 2.24) is 0 Å². The maximum absolute atomic E-state index is 11.5. The second-order valence-corrected chi connectivity index (χ2v) is 13.2. The van der Waals surface area contributed by atoms with Crippen molar-refractivity contribution in [2.45, 2.75) is 45.1 Å². The Hall–Kier alpha value is -2.63. The summed E-state index contributed by atoms with van der Waals surface area (Å²) in [4.78, 5) is 25.4. The number of ether oxygens (including phenoxy) is 2. The molecule has 1 aliphatic rings. The van der Waals surface area contributed by atoms with Gasteiger partial charge in [0.05, 0.1) is 0 Å². The van der Waals surface area contributed by atoms with Gasteiger partial charge in [-0.25, -0.2) is 0 Å². The van der Waals surface area contributed by atoms with Crippen LogP contribution in [0.15, 0.2) is 65.3 Å². The first kappa shape index (κ1) is 27.4. The summed E-state index contributed by atoms with van der Waals surface area (Å²) in [6.07, 6.45) is 11.2. The number of fused-ring (bicyclic) bond motifs is 2. The first-order chi connectivity index (χ1) is 18.1. The Morgan fingerprint density at radius 2 is 1.62 bits per heavy atom. The summed E-state index contributed by atoms with van der Waals surface area (Å²) in [5.41, 5.74) is 2.58. The summed E-state index contributed by atoms with van der Waals surface area (Å²) in [5.74, 6) is -0.285. The van der Waals surface area contributed by atoms with Gasteiger partial charge in [0.25, 0.3) is 0 Å². The van der Waals surface area contributed by atoms with Crippen molar-refractivity contribution in [3.63, 3.8) is 0 Å². The third-order valence-corrected chi connectivity index (χ3v) is 11.0. The molecule has 8 heteroatoms. The SMILES string of the molecule is COC(=O)CCCCN1/C(=C/C=C/c2[se]c3ccccc3[n+]2CCCCC(=O)OC)[Se]c2ccccc21. The van der Waals surface area contributed by atoms with Crippen molar-refractivity contribution < 1.29 is 23.6 Å². The van der Waals surface area contributed by atoms with E-state index in [0.29, 0.717) is 12.8 Å². The molecule has 194 valence electrons. The topological polar surface area (TPSA) is 59.7 Å². The first-order valence-electron chi connectivity index (χ1n) is 12.6. The number of benzene rings is 2. The fourth-order valence-electron chi connectivity index (χ4n) is 4.31. The molecule has 0 saturated carbocycles. The number of hydrogen-bond acceptors (Lipinski definition) is 5. The Kier molecular flexibility index (Phi) is 10.2. The summed E-state index contributed by atoms with van der Waals surface area (Å²) >= 11 is 0.511. The summed E-state index contributed by atoms with van der Waals surface area (Å²) in [6.45, 7) is 1.79. The number of anilines is 1. The van der Waals surface area contributed by atoms with E-state index >= 15 is 0 Å². The maximum atomic E-state index is 11.5. The Bertz CT molecular complexity index is 1300. The predicted octanol–water partition coefficient (Wildman–Crippen LogP) is 3.58. The minimum absolute atomic E-state index is 0.143. The fraction of sp³-hybridized carbons (Fsp3) is 0.345. The molecule has 0 unspecified atom stereocenters. The van der Waals surface area contributed by atoms with Crippen molar-refractivity contribution in [1.29, 1.82) is 0 Å². The van der Waals surface area contributed by atoms with Crippen molar-refractivity contribution in [3.05, 3.63) is 69.8 Å². The zero-order valence-electron chi connectivity index (χ0n) is 21.4. The van der Waals surface area contributed by atoms with Gasteiger partial charge in [0.15, 0.2) is 0 Å². The number of unbranched alkanes of at least 4 members (excludes halogenated alkanes) is 2. The van der Waals surface area contributed by atoms with Crippen LogP contribution >= 0.6 is 0 Å². The minimum atomic E-state index is -0.143. The van der Waals surface area contributed by atoms with Crippen LogP contribution in [0.3, 0.4) is 0 Å². The number of aromatic nitrogens is 1. The Balaban J connectivity index is 1.49. The second-order valence-electron chi connectivity index (χ2n) is 8.71. The van der Waals surface area contributed by atoms with Crippen LogP contribution in [-0.4, -0.2) is 62.2 Å². The van der Waals surface area contributed by atoms with E-state index in [1.165, 1.54) is 43.3 Å². The number of methoxy groups -OCH3 is 2. The molecule has 0 radical (unpaired) electrons. The van der Waals surface area contributed by atoms with Gasteiger partial charge in [0, 0.05) is 0 Å². The molecule has 0 amide bonds. The molecule has 1 aliphatic heterocycles. The Morgan fingerprint density at radius 1 is 0.919 bits per heavy atom. The average molecular weight is 632 g/mol. The molecule has 0 aliphatic carbocycles.